The summed E-state index contributed by atoms with van der Waals surface area (Å²) >= 11 is 0. The van der Waals surface area contributed by atoms with Gasteiger partial charge in [0.15, 0.2) is 23.2 Å². The van der Waals surface area contributed by atoms with Gasteiger partial charge in [-0.1, -0.05) is 55.8 Å². The number of halogens is 4. The lowest BCUT2D eigenvalue weighted by atomic mass is 9.75. The summed E-state index contributed by atoms with van der Waals surface area (Å²) in [7, 11) is 0. The molecule has 3 aromatic carbocycles. The van der Waals surface area contributed by atoms with E-state index in [9.17, 15) is 13.9 Å². The van der Waals surface area contributed by atoms with Crippen LogP contribution in [0.25, 0.3) is 11.1 Å². The van der Waals surface area contributed by atoms with Gasteiger partial charge in [-0.15, -0.1) is 0 Å². The third-order valence-corrected chi connectivity index (χ3v) is 7.83. The molecule has 0 radical (unpaired) electrons. The van der Waals surface area contributed by atoms with Crippen LogP contribution in [0.4, 0.5) is 17.6 Å². The summed E-state index contributed by atoms with van der Waals surface area (Å²) in [5, 5.41) is 10.3. The van der Waals surface area contributed by atoms with E-state index < -0.39 is 23.3 Å². The first-order valence-corrected chi connectivity index (χ1v) is 13.7. The number of aryl methyl sites for hydroxylation is 2. The summed E-state index contributed by atoms with van der Waals surface area (Å²) in [6.45, 7) is 4.01. The highest BCUT2D eigenvalue weighted by Crippen LogP contribution is 2.40. The largest absolute Gasteiger partial charge is 0.491 e. The van der Waals surface area contributed by atoms with Crippen LogP contribution in [0.1, 0.15) is 75.0 Å². The van der Waals surface area contributed by atoms with Gasteiger partial charge in [-0.3, -0.25) is 0 Å². The van der Waals surface area contributed by atoms with Gasteiger partial charge in [-0.25, -0.2) is 13.2 Å². The lowest BCUT2D eigenvalue weighted by Crippen LogP contribution is -2.25. The highest BCUT2D eigenvalue weighted by atomic mass is 19.2. The maximum Gasteiger partial charge on any atom is 0.200 e. The second kappa shape index (κ2) is 12.8. The monoisotopic (exact) mass is 528 g/mol. The smallest absolute Gasteiger partial charge is 0.200 e. The first kappa shape index (κ1) is 28.2. The third-order valence-electron chi connectivity index (χ3n) is 7.83. The molecule has 0 bridgehead atoms. The average Bonchev–Trinajstić information content (AvgIpc) is 2.93. The van der Waals surface area contributed by atoms with Crippen LogP contribution in [-0.2, 0) is 12.8 Å². The Labute approximate surface area is 222 Å². The Kier molecular flexibility index (Phi) is 9.48. The second-order valence-corrected chi connectivity index (χ2v) is 10.3. The molecule has 6 heteroatoms. The van der Waals surface area contributed by atoms with Crippen molar-refractivity contribution in [3.63, 3.8) is 0 Å². The van der Waals surface area contributed by atoms with Crippen LogP contribution in [0, 0.1) is 29.2 Å². The molecule has 2 nitrogen and oxygen atoms in total. The molecule has 0 saturated heterocycles. The molecule has 1 aliphatic rings. The van der Waals surface area contributed by atoms with Crippen molar-refractivity contribution in [1.29, 1.82) is 0 Å². The predicted molar refractivity (Wildman–Crippen MR) is 142 cm³/mol. The van der Waals surface area contributed by atoms with Crippen LogP contribution < -0.4 is 4.74 Å². The van der Waals surface area contributed by atoms with Crippen LogP contribution >= 0.6 is 0 Å². The van der Waals surface area contributed by atoms with Gasteiger partial charge in [0.1, 0.15) is 0 Å². The van der Waals surface area contributed by atoms with Gasteiger partial charge in [-0.2, -0.15) is 4.39 Å². The Morgan fingerprint density at radius 2 is 1.50 bits per heavy atom. The fourth-order valence-corrected chi connectivity index (χ4v) is 5.61. The highest BCUT2D eigenvalue weighted by molar-refractivity contribution is 5.65. The summed E-state index contributed by atoms with van der Waals surface area (Å²) in [5.41, 5.74) is 2.30. The minimum absolute atomic E-state index is 0.0427. The minimum Gasteiger partial charge on any atom is -0.491 e. The number of rotatable bonds is 10. The summed E-state index contributed by atoms with van der Waals surface area (Å²) in [6.07, 6.45) is 5.30. The molecule has 38 heavy (non-hydrogen) atoms. The van der Waals surface area contributed by atoms with Gasteiger partial charge in [0.05, 0.1) is 12.7 Å². The molecule has 1 aliphatic carbocycles. The molecule has 204 valence electrons. The molecule has 1 fully saturated rings. The Balaban J connectivity index is 1.41. The first-order valence-electron chi connectivity index (χ1n) is 13.7. The second-order valence-electron chi connectivity index (χ2n) is 10.3. The zero-order valence-electron chi connectivity index (χ0n) is 22.1. The number of hydrogen-bond acceptors (Lipinski definition) is 2. The lowest BCUT2D eigenvalue weighted by molar-refractivity contribution is 0.0727. The van der Waals surface area contributed by atoms with Gasteiger partial charge in [-0.05, 0) is 92.0 Å². The van der Waals surface area contributed by atoms with E-state index in [-0.39, 0.29) is 41.4 Å². The average molecular weight is 529 g/mol. The van der Waals surface area contributed by atoms with Gasteiger partial charge >= 0.3 is 0 Å². The summed E-state index contributed by atoms with van der Waals surface area (Å²) < 4.78 is 63.9. The predicted octanol–water partition coefficient (Wildman–Crippen LogP) is 8.53. The zero-order valence-corrected chi connectivity index (χ0v) is 22.1. The molecule has 0 amide bonds. The van der Waals surface area contributed by atoms with Crippen LogP contribution in [0.3, 0.4) is 0 Å². The molecule has 0 heterocycles. The number of ether oxygens (including phenoxy) is 1. The molecule has 1 atom stereocenters. The van der Waals surface area contributed by atoms with Crippen LogP contribution in [-0.4, -0.2) is 17.8 Å². The van der Waals surface area contributed by atoms with E-state index in [0.29, 0.717) is 24.0 Å². The SMILES string of the molecule is CCCC(O)C1CCC(c2ccc(-c3ccc(CCc4ccc(OCC)c(F)c4F)cc3)c(F)c2F)CC1. The molecule has 0 aliphatic heterocycles. The van der Waals surface area contributed by atoms with Crippen LogP contribution in [0.2, 0.25) is 0 Å². The summed E-state index contributed by atoms with van der Waals surface area (Å²) in [6, 6.07) is 13.3. The summed E-state index contributed by atoms with van der Waals surface area (Å²) in [4.78, 5) is 0. The van der Waals surface area contributed by atoms with E-state index in [1.807, 2.05) is 0 Å². The fourth-order valence-electron chi connectivity index (χ4n) is 5.61. The number of benzene rings is 3. The maximum atomic E-state index is 15.1. The fraction of sp³-hybridized carbons (Fsp3) is 0.438. The molecule has 0 spiro atoms. The van der Waals surface area contributed by atoms with Crippen molar-refractivity contribution in [2.45, 2.75) is 77.2 Å². The van der Waals surface area contributed by atoms with Crippen molar-refractivity contribution in [3.05, 3.63) is 88.5 Å². The van der Waals surface area contributed by atoms with Gasteiger partial charge in [0.2, 0.25) is 5.82 Å². The highest BCUT2D eigenvalue weighted by Gasteiger charge is 2.29. The number of aliphatic hydroxyl groups is 1. The lowest BCUT2D eigenvalue weighted by Gasteiger charge is -2.32. The molecule has 4 rings (SSSR count). The standard InChI is InChI=1S/C32H36F4O2/c1-3-5-27(37)23-14-12-22(13-15-23)26-18-17-25(30(34)31(26)35)21-9-6-20(7-10-21)8-11-24-16-19-28(38-4-2)32(36)29(24)33/h6-7,9-10,16-19,22-23,27,37H,3-5,8,11-15H2,1-2H3. The number of aliphatic hydroxyl groups excluding tert-OH is 1. The zero-order chi connectivity index (χ0) is 27.2. The van der Waals surface area contributed by atoms with E-state index in [0.717, 1.165) is 44.1 Å². The van der Waals surface area contributed by atoms with E-state index in [1.165, 1.54) is 12.1 Å². The van der Waals surface area contributed by atoms with E-state index >= 15 is 8.78 Å². The molecule has 3 aromatic rings. The topological polar surface area (TPSA) is 29.5 Å². The molecule has 1 N–H and O–H groups in total. The van der Waals surface area contributed by atoms with Crippen molar-refractivity contribution in [1.82, 2.24) is 0 Å². The van der Waals surface area contributed by atoms with Crippen LogP contribution in [0.5, 0.6) is 5.75 Å². The first-order chi connectivity index (χ1) is 18.3. The van der Waals surface area contributed by atoms with Crippen molar-refractivity contribution in [2.24, 2.45) is 5.92 Å². The Morgan fingerprint density at radius 3 is 2.16 bits per heavy atom. The Morgan fingerprint density at radius 1 is 0.789 bits per heavy atom. The minimum atomic E-state index is -0.984. The van der Waals surface area contributed by atoms with E-state index in [1.54, 1.807) is 43.3 Å². The normalized spacial score (nSPS) is 18.4. The van der Waals surface area contributed by atoms with Gasteiger partial charge < -0.3 is 9.84 Å². The molecule has 1 unspecified atom stereocenters. The molecular weight excluding hydrogens is 492 g/mol. The Bertz CT molecular complexity index is 1220. The maximum absolute atomic E-state index is 15.1. The molecule has 1 saturated carbocycles. The quantitative estimate of drug-likeness (QED) is 0.267. The third kappa shape index (κ3) is 6.23. The van der Waals surface area contributed by atoms with Gasteiger partial charge in [0, 0.05) is 5.56 Å². The van der Waals surface area contributed by atoms with Crippen LogP contribution in [0.15, 0.2) is 48.5 Å². The molecular formula is C32H36F4O2. The Hall–Kier alpha value is -2.86. The van der Waals surface area contributed by atoms with E-state index in [2.05, 4.69) is 6.92 Å². The van der Waals surface area contributed by atoms with Crippen molar-refractivity contribution >= 4 is 0 Å². The van der Waals surface area contributed by atoms with E-state index in [4.69, 9.17) is 4.74 Å². The van der Waals surface area contributed by atoms with Crippen molar-refractivity contribution in [2.75, 3.05) is 6.61 Å². The summed E-state index contributed by atoms with van der Waals surface area (Å²) in [5.74, 6) is -3.44. The molecule has 0 aromatic heterocycles. The number of hydrogen-bond donors (Lipinski definition) is 1. The van der Waals surface area contributed by atoms with Crippen molar-refractivity contribution < 1.29 is 27.4 Å². The van der Waals surface area contributed by atoms with Gasteiger partial charge in [0.25, 0.3) is 0 Å². The van der Waals surface area contributed by atoms with Crippen molar-refractivity contribution in [3.8, 4) is 16.9 Å².